The van der Waals surface area contributed by atoms with Crippen LogP contribution < -0.4 is 0 Å². The zero-order valence-corrected chi connectivity index (χ0v) is 15.6. The lowest BCUT2D eigenvalue weighted by molar-refractivity contribution is -0.0440. The number of rotatable bonds is 7. The molecule has 1 aliphatic rings. The molecule has 0 radical (unpaired) electrons. The SMILES string of the molecule is CCCCCc1ccc(C(=O)c2cc3cc(C4OCCO4)ccc3o2)cc1. The molecule has 0 spiro atoms. The number of benzene rings is 2. The molecule has 1 aromatic heterocycles. The van der Waals surface area contributed by atoms with E-state index in [4.69, 9.17) is 13.9 Å². The lowest BCUT2D eigenvalue weighted by Crippen LogP contribution is -1.99. The summed E-state index contributed by atoms with van der Waals surface area (Å²) < 4.78 is 16.9. The largest absolute Gasteiger partial charge is 0.453 e. The Hall–Kier alpha value is -2.43. The summed E-state index contributed by atoms with van der Waals surface area (Å²) in [6.07, 6.45) is 4.36. The zero-order valence-electron chi connectivity index (χ0n) is 15.6. The molecule has 4 rings (SSSR count). The van der Waals surface area contributed by atoms with Crippen molar-refractivity contribution in [1.82, 2.24) is 0 Å². The highest BCUT2D eigenvalue weighted by molar-refractivity contribution is 6.09. The fourth-order valence-electron chi connectivity index (χ4n) is 3.42. The monoisotopic (exact) mass is 364 g/mol. The van der Waals surface area contributed by atoms with Gasteiger partial charge in [0.15, 0.2) is 12.1 Å². The first-order valence-corrected chi connectivity index (χ1v) is 9.65. The van der Waals surface area contributed by atoms with Gasteiger partial charge in [0, 0.05) is 16.5 Å². The summed E-state index contributed by atoms with van der Waals surface area (Å²) in [6, 6.07) is 15.4. The Morgan fingerprint density at radius 3 is 2.52 bits per heavy atom. The van der Waals surface area contributed by atoms with Crippen molar-refractivity contribution in [3.05, 3.63) is 71.0 Å². The van der Waals surface area contributed by atoms with Gasteiger partial charge < -0.3 is 13.9 Å². The smallest absolute Gasteiger partial charge is 0.228 e. The van der Waals surface area contributed by atoms with Crippen molar-refractivity contribution in [2.24, 2.45) is 0 Å². The van der Waals surface area contributed by atoms with Gasteiger partial charge in [-0.05, 0) is 36.6 Å². The zero-order chi connectivity index (χ0) is 18.6. The second-order valence-corrected chi connectivity index (χ2v) is 6.96. The molecule has 1 aliphatic heterocycles. The Balaban J connectivity index is 1.51. The Morgan fingerprint density at radius 1 is 1.00 bits per heavy atom. The van der Waals surface area contributed by atoms with Crippen molar-refractivity contribution in [1.29, 1.82) is 0 Å². The maximum atomic E-state index is 12.8. The molecule has 0 amide bonds. The van der Waals surface area contributed by atoms with Crippen LogP contribution in [0.2, 0.25) is 0 Å². The van der Waals surface area contributed by atoms with Crippen LogP contribution in [-0.4, -0.2) is 19.0 Å². The van der Waals surface area contributed by atoms with Gasteiger partial charge in [0.1, 0.15) is 5.58 Å². The van der Waals surface area contributed by atoms with Crippen molar-refractivity contribution in [2.45, 2.75) is 38.9 Å². The van der Waals surface area contributed by atoms with E-state index in [9.17, 15) is 4.79 Å². The molecule has 1 saturated heterocycles. The standard InChI is InChI=1S/C23H24O4/c1-2-3-4-5-16-6-8-17(9-7-16)22(24)21-15-19-14-18(10-11-20(19)27-21)23-25-12-13-26-23/h6-11,14-15,23H,2-5,12-13H2,1H3. The number of ether oxygens (including phenoxy) is 2. The van der Waals surface area contributed by atoms with Crippen LogP contribution in [0.15, 0.2) is 52.9 Å². The van der Waals surface area contributed by atoms with Crippen LogP contribution in [0.25, 0.3) is 11.0 Å². The highest BCUT2D eigenvalue weighted by Crippen LogP contribution is 2.29. The predicted octanol–water partition coefficient (Wildman–Crippen LogP) is 5.44. The molecule has 1 fully saturated rings. The fraction of sp³-hybridized carbons (Fsp3) is 0.348. The molecule has 0 atom stereocenters. The summed E-state index contributed by atoms with van der Waals surface area (Å²) in [5, 5.41) is 0.881. The minimum Gasteiger partial charge on any atom is -0.453 e. The van der Waals surface area contributed by atoms with Crippen molar-refractivity contribution in [2.75, 3.05) is 13.2 Å². The van der Waals surface area contributed by atoms with E-state index in [0.717, 1.165) is 17.4 Å². The Kier molecular flexibility index (Phi) is 5.37. The summed E-state index contributed by atoms with van der Waals surface area (Å²) in [7, 11) is 0. The van der Waals surface area contributed by atoms with Gasteiger partial charge in [-0.1, -0.05) is 50.1 Å². The second kappa shape index (κ2) is 8.07. The van der Waals surface area contributed by atoms with Crippen LogP contribution in [0.4, 0.5) is 0 Å². The summed E-state index contributed by atoms with van der Waals surface area (Å²) in [5.41, 5.74) is 3.55. The fourth-order valence-corrected chi connectivity index (χ4v) is 3.42. The first-order chi connectivity index (χ1) is 13.2. The molecular formula is C23H24O4. The molecule has 3 aromatic rings. The van der Waals surface area contributed by atoms with E-state index in [-0.39, 0.29) is 12.1 Å². The van der Waals surface area contributed by atoms with Crippen molar-refractivity contribution < 1.29 is 18.7 Å². The molecule has 0 aliphatic carbocycles. The Morgan fingerprint density at radius 2 is 1.78 bits per heavy atom. The van der Waals surface area contributed by atoms with E-state index in [1.165, 1.54) is 24.8 Å². The molecule has 0 saturated carbocycles. The third-order valence-electron chi connectivity index (χ3n) is 4.94. The average molecular weight is 364 g/mol. The van der Waals surface area contributed by atoms with E-state index in [2.05, 4.69) is 6.92 Å². The lowest BCUT2D eigenvalue weighted by Gasteiger charge is -2.08. The summed E-state index contributed by atoms with van der Waals surface area (Å²) in [5.74, 6) is 0.260. The quantitative estimate of drug-likeness (QED) is 0.414. The van der Waals surface area contributed by atoms with Crippen LogP contribution in [0.1, 0.15) is 59.7 Å². The number of ketones is 1. The van der Waals surface area contributed by atoms with Crippen LogP contribution in [0.5, 0.6) is 0 Å². The molecule has 4 heteroatoms. The molecule has 0 N–H and O–H groups in total. The number of aryl methyl sites for hydroxylation is 1. The normalized spacial score (nSPS) is 14.9. The number of carbonyl (C=O) groups excluding carboxylic acids is 1. The van der Waals surface area contributed by atoms with Gasteiger partial charge in [0.25, 0.3) is 0 Å². The summed E-state index contributed by atoms with van der Waals surface area (Å²) in [4.78, 5) is 12.8. The number of unbranched alkanes of at least 4 members (excludes halogenated alkanes) is 2. The van der Waals surface area contributed by atoms with E-state index in [1.807, 2.05) is 42.5 Å². The van der Waals surface area contributed by atoms with Gasteiger partial charge >= 0.3 is 0 Å². The van der Waals surface area contributed by atoms with Crippen molar-refractivity contribution in [3.63, 3.8) is 0 Å². The number of hydrogen-bond donors (Lipinski definition) is 0. The van der Waals surface area contributed by atoms with Crippen LogP contribution in [-0.2, 0) is 15.9 Å². The van der Waals surface area contributed by atoms with Gasteiger partial charge in [-0.3, -0.25) is 4.79 Å². The molecular weight excluding hydrogens is 340 g/mol. The second-order valence-electron chi connectivity index (χ2n) is 6.96. The maximum absolute atomic E-state index is 12.8. The molecule has 2 heterocycles. The van der Waals surface area contributed by atoms with E-state index in [1.54, 1.807) is 6.07 Å². The number of furan rings is 1. The average Bonchev–Trinajstić information content (AvgIpc) is 3.37. The maximum Gasteiger partial charge on any atom is 0.228 e. The van der Waals surface area contributed by atoms with Gasteiger partial charge in [-0.25, -0.2) is 0 Å². The highest BCUT2D eigenvalue weighted by Gasteiger charge is 2.20. The lowest BCUT2D eigenvalue weighted by atomic mass is 10.0. The molecule has 27 heavy (non-hydrogen) atoms. The summed E-state index contributed by atoms with van der Waals surface area (Å²) >= 11 is 0. The predicted molar refractivity (Wildman–Crippen MR) is 104 cm³/mol. The van der Waals surface area contributed by atoms with Crippen LogP contribution in [0, 0.1) is 0 Å². The first kappa shape index (κ1) is 18.0. The highest BCUT2D eigenvalue weighted by atomic mass is 16.7. The van der Waals surface area contributed by atoms with Crippen LogP contribution >= 0.6 is 0 Å². The number of fused-ring (bicyclic) bond motifs is 1. The van der Waals surface area contributed by atoms with Gasteiger partial charge in [-0.2, -0.15) is 0 Å². The third kappa shape index (κ3) is 3.97. The minimum atomic E-state index is -0.330. The third-order valence-corrected chi connectivity index (χ3v) is 4.94. The molecule has 0 unspecified atom stereocenters. The van der Waals surface area contributed by atoms with Crippen molar-refractivity contribution >= 4 is 16.8 Å². The molecule has 0 bridgehead atoms. The Labute approximate surface area is 159 Å². The van der Waals surface area contributed by atoms with Gasteiger partial charge in [-0.15, -0.1) is 0 Å². The van der Waals surface area contributed by atoms with Gasteiger partial charge in [0.05, 0.1) is 13.2 Å². The molecule has 2 aromatic carbocycles. The first-order valence-electron chi connectivity index (χ1n) is 9.65. The number of carbonyl (C=O) groups is 1. The van der Waals surface area contributed by atoms with Gasteiger partial charge in [0.2, 0.25) is 5.78 Å². The Bertz CT molecular complexity index is 917. The van der Waals surface area contributed by atoms with Crippen molar-refractivity contribution in [3.8, 4) is 0 Å². The van der Waals surface area contributed by atoms with Crippen LogP contribution in [0.3, 0.4) is 0 Å². The van der Waals surface area contributed by atoms with E-state index < -0.39 is 0 Å². The summed E-state index contributed by atoms with van der Waals surface area (Å²) in [6.45, 7) is 3.41. The molecule has 4 nitrogen and oxygen atoms in total. The number of hydrogen-bond acceptors (Lipinski definition) is 4. The minimum absolute atomic E-state index is 0.0961. The molecule has 140 valence electrons. The topological polar surface area (TPSA) is 48.7 Å². The van der Waals surface area contributed by atoms with E-state index in [0.29, 0.717) is 30.1 Å². The van der Waals surface area contributed by atoms with E-state index >= 15 is 0 Å².